The fraction of sp³-hybridized carbons (Fsp3) is 0.702. The van der Waals surface area contributed by atoms with E-state index in [9.17, 15) is 33.9 Å². The SMILES string of the molecule is CCCCCCCCCCCCCCCC(=O)N[C@@H](Cc1c[nH]c2ccccc12)C(=O)N[C@H](C(=O)N[C@@H](CC(C)C)C(=O)N[C@@H](C)C(=O)N[C@@H](CC(C)C)C(=O)NC)[C@@H](C)O. The second kappa shape index (κ2) is 29.0. The summed E-state index contributed by atoms with van der Waals surface area (Å²) in [5.74, 6) is -3.24. The zero-order valence-corrected chi connectivity index (χ0v) is 38.4. The van der Waals surface area contributed by atoms with Crippen molar-refractivity contribution in [2.24, 2.45) is 11.8 Å². The van der Waals surface area contributed by atoms with Crippen molar-refractivity contribution in [1.82, 2.24) is 36.9 Å². The molecular weight excluding hydrogens is 775 g/mol. The Balaban J connectivity index is 2.08. The number of likely N-dealkylation sites (N-methyl/N-ethyl adjacent to an activating group) is 1. The van der Waals surface area contributed by atoms with Gasteiger partial charge in [0, 0.05) is 37.0 Å². The third-order valence-electron chi connectivity index (χ3n) is 11.0. The maximum atomic E-state index is 14.0. The highest BCUT2D eigenvalue weighted by Gasteiger charge is 2.34. The molecule has 0 saturated heterocycles. The van der Waals surface area contributed by atoms with Crippen molar-refractivity contribution >= 4 is 46.3 Å². The first-order valence-electron chi connectivity index (χ1n) is 23.0. The average molecular weight is 854 g/mol. The number of aliphatic hydroxyl groups excluding tert-OH is 1. The van der Waals surface area contributed by atoms with E-state index >= 15 is 0 Å². The number of benzene rings is 1. The van der Waals surface area contributed by atoms with Crippen LogP contribution in [0.5, 0.6) is 0 Å². The molecule has 0 radical (unpaired) electrons. The molecule has 0 unspecified atom stereocenters. The van der Waals surface area contributed by atoms with Gasteiger partial charge in [0.1, 0.15) is 30.2 Å². The molecule has 8 N–H and O–H groups in total. The number of fused-ring (bicyclic) bond motifs is 1. The Morgan fingerprint density at radius 1 is 0.590 bits per heavy atom. The molecule has 344 valence electrons. The van der Waals surface area contributed by atoms with Crippen LogP contribution in [0.25, 0.3) is 10.9 Å². The third-order valence-corrected chi connectivity index (χ3v) is 11.0. The molecule has 0 aliphatic rings. The minimum Gasteiger partial charge on any atom is -0.391 e. The first-order chi connectivity index (χ1) is 29.1. The highest BCUT2D eigenvalue weighted by atomic mass is 16.3. The van der Waals surface area contributed by atoms with Crippen LogP contribution in [0, 0.1) is 11.8 Å². The molecule has 0 spiro atoms. The van der Waals surface area contributed by atoms with Crippen molar-refractivity contribution in [3.8, 4) is 0 Å². The lowest BCUT2D eigenvalue weighted by molar-refractivity contribution is -0.136. The molecule has 1 aromatic heterocycles. The Kier molecular flexibility index (Phi) is 25.0. The van der Waals surface area contributed by atoms with E-state index in [4.69, 9.17) is 0 Å². The van der Waals surface area contributed by atoms with Crippen LogP contribution in [0.1, 0.15) is 157 Å². The molecule has 1 heterocycles. The van der Waals surface area contributed by atoms with Crippen LogP contribution in [0.15, 0.2) is 30.5 Å². The second-order valence-electron chi connectivity index (χ2n) is 17.6. The number of carbonyl (C=O) groups is 6. The average Bonchev–Trinajstić information content (AvgIpc) is 3.62. The van der Waals surface area contributed by atoms with Crippen molar-refractivity contribution in [1.29, 1.82) is 0 Å². The first-order valence-corrected chi connectivity index (χ1v) is 23.0. The zero-order chi connectivity index (χ0) is 45.3. The number of aromatic amines is 1. The van der Waals surface area contributed by atoms with Gasteiger partial charge in [0.25, 0.3) is 0 Å². The van der Waals surface area contributed by atoms with Gasteiger partial charge < -0.3 is 42.0 Å². The summed E-state index contributed by atoms with van der Waals surface area (Å²) in [5.41, 5.74) is 1.67. The maximum Gasteiger partial charge on any atom is 0.245 e. The normalized spacial score (nSPS) is 14.4. The number of nitrogens with one attached hydrogen (secondary N) is 7. The van der Waals surface area contributed by atoms with Gasteiger partial charge in [-0.1, -0.05) is 130 Å². The topological polar surface area (TPSA) is 211 Å². The van der Waals surface area contributed by atoms with Crippen molar-refractivity contribution in [3.63, 3.8) is 0 Å². The van der Waals surface area contributed by atoms with Crippen LogP contribution in [0.3, 0.4) is 0 Å². The lowest BCUT2D eigenvalue weighted by atomic mass is 10.0. The molecule has 6 atom stereocenters. The summed E-state index contributed by atoms with van der Waals surface area (Å²) in [6, 6.07) is 2.15. The van der Waals surface area contributed by atoms with Crippen LogP contribution < -0.4 is 31.9 Å². The lowest BCUT2D eigenvalue weighted by Crippen LogP contribution is -2.61. The highest BCUT2D eigenvalue weighted by molar-refractivity contribution is 5.97. The van der Waals surface area contributed by atoms with E-state index in [0.717, 1.165) is 35.7 Å². The predicted molar refractivity (Wildman–Crippen MR) is 242 cm³/mol. The van der Waals surface area contributed by atoms with Gasteiger partial charge >= 0.3 is 0 Å². The number of rotatable bonds is 31. The summed E-state index contributed by atoms with van der Waals surface area (Å²) in [6.45, 7) is 12.7. The van der Waals surface area contributed by atoms with Crippen LogP contribution in [-0.2, 0) is 35.2 Å². The van der Waals surface area contributed by atoms with Gasteiger partial charge in [0.15, 0.2) is 0 Å². The molecule has 14 nitrogen and oxygen atoms in total. The van der Waals surface area contributed by atoms with E-state index in [0.29, 0.717) is 12.8 Å². The highest BCUT2D eigenvalue weighted by Crippen LogP contribution is 2.20. The fourth-order valence-corrected chi connectivity index (χ4v) is 7.48. The van der Waals surface area contributed by atoms with Gasteiger partial charge in [-0.25, -0.2) is 0 Å². The van der Waals surface area contributed by atoms with Crippen molar-refractivity contribution in [2.75, 3.05) is 7.05 Å². The molecule has 0 aliphatic carbocycles. The Hall–Kier alpha value is -4.46. The Morgan fingerprint density at radius 3 is 1.64 bits per heavy atom. The molecule has 1 aromatic carbocycles. The van der Waals surface area contributed by atoms with E-state index in [1.165, 1.54) is 78.7 Å². The number of H-pyrrole nitrogens is 1. The molecule has 61 heavy (non-hydrogen) atoms. The molecule has 2 aromatic rings. The Morgan fingerprint density at radius 2 is 1.10 bits per heavy atom. The summed E-state index contributed by atoms with van der Waals surface area (Å²) >= 11 is 0. The molecule has 6 amide bonds. The number of carbonyl (C=O) groups excluding carboxylic acids is 6. The summed E-state index contributed by atoms with van der Waals surface area (Å²) in [5, 5.41) is 27.8. The number of hydrogen-bond acceptors (Lipinski definition) is 7. The van der Waals surface area contributed by atoms with Gasteiger partial charge in [-0.05, 0) is 56.6 Å². The van der Waals surface area contributed by atoms with Crippen LogP contribution in [0.4, 0.5) is 0 Å². The standard InChI is InChI=1S/C47H79N7O7/c1-9-10-11-12-13-14-15-16-17-18-19-20-21-26-41(56)51-40(29-35-30-49-37-25-23-22-24-36(35)37)46(60)54-42(34(7)55)47(61)53-39(28-32(4)5)45(59)50-33(6)43(57)52-38(27-31(2)3)44(58)48-8/h22-25,30-34,38-40,42,49,55H,9-21,26-29H2,1-8H3,(H,48,58)(H,50,59)(H,51,56)(H,52,57)(H,53,61)(H,54,60)/t33-,34+,38-,39-,40-,42-/m0/s1. The summed E-state index contributed by atoms with van der Waals surface area (Å²) in [6.07, 6.45) is 16.8. The Bertz CT molecular complexity index is 1640. The largest absolute Gasteiger partial charge is 0.391 e. The lowest BCUT2D eigenvalue weighted by Gasteiger charge is -2.28. The molecule has 0 fully saturated rings. The Labute approximate surface area is 365 Å². The summed E-state index contributed by atoms with van der Waals surface area (Å²) in [4.78, 5) is 83.3. The second-order valence-corrected chi connectivity index (χ2v) is 17.6. The predicted octanol–water partition coefficient (Wildman–Crippen LogP) is 5.85. The number of aliphatic hydroxyl groups is 1. The van der Waals surface area contributed by atoms with Gasteiger partial charge in [-0.2, -0.15) is 0 Å². The number of amides is 6. The van der Waals surface area contributed by atoms with E-state index in [2.05, 4.69) is 43.8 Å². The van der Waals surface area contributed by atoms with E-state index in [-0.39, 0.29) is 42.9 Å². The van der Waals surface area contributed by atoms with Crippen molar-refractivity contribution in [2.45, 2.75) is 194 Å². The van der Waals surface area contributed by atoms with E-state index in [1.807, 2.05) is 52.0 Å². The summed E-state index contributed by atoms with van der Waals surface area (Å²) in [7, 11) is 1.48. The molecular formula is C47H79N7O7. The zero-order valence-electron chi connectivity index (χ0n) is 38.4. The quantitative estimate of drug-likeness (QED) is 0.0433. The van der Waals surface area contributed by atoms with Crippen LogP contribution in [0.2, 0.25) is 0 Å². The first kappa shape index (κ1) is 52.7. The van der Waals surface area contributed by atoms with E-state index < -0.39 is 59.9 Å². The molecule has 14 heteroatoms. The monoisotopic (exact) mass is 854 g/mol. The van der Waals surface area contributed by atoms with Gasteiger partial charge in [0.2, 0.25) is 35.4 Å². The van der Waals surface area contributed by atoms with Gasteiger partial charge in [-0.15, -0.1) is 0 Å². The van der Waals surface area contributed by atoms with Crippen molar-refractivity contribution < 1.29 is 33.9 Å². The van der Waals surface area contributed by atoms with E-state index in [1.54, 1.807) is 6.20 Å². The maximum absolute atomic E-state index is 14.0. The molecule has 0 saturated carbocycles. The minimum atomic E-state index is -1.47. The third kappa shape index (κ3) is 20.3. The van der Waals surface area contributed by atoms with Gasteiger partial charge in [0.05, 0.1) is 6.10 Å². The molecule has 2 rings (SSSR count). The van der Waals surface area contributed by atoms with Crippen LogP contribution >= 0.6 is 0 Å². The van der Waals surface area contributed by atoms with Crippen LogP contribution in [-0.4, -0.2) is 88.9 Å². The molecule has 0 aliphatic heterocycles. The summed E-state index contributed by atoms with van der Waals surface area (Å²) < 4.78 is 0. The fourth-order valence-electron chi connectivity index (χ4n) is 7.48. The number of unbranched alkanes of at least 4 members (excludes halogenated alkanes) is 12. The van der Waals surface area contributed by atoms with Gasteiger partial charge in [-0.3, -0.25) is 28.8 Å². The smallest absolute Gasteiger partial charge is 0.245 e. The molecule has 0 bridgehead atoms. The van der Waals surface area contributed by atoms with Crippen molar-refractivity contribution in [3.05, 3.63) is 36.0 Å². The number of para-hydroxylation sites is 1. The number of hydrogen-bond donors (Lipinski definition) is 8. The minimum absolute atomic E-state index is 0.0610. The number of aromatic nitrogens is 1.